The molecule has 2 amide bonds. The molecule has 1 unspecified atom stereocenters. The van der Waals surface area contributed by atoms with Crippen LogP contribution < -0.4 is 5.32 Å². The zero-order valence-corrected chi connectivity index (χ0v) is 20.6. The zero-order valence-electron chi connectivity index (χ0n) is 19.1. The molecule has 1 N–H and O–H groups in total. The van der Waals surface area contributed by atoms with Gasteiger partial charge in [-0.15, -0.1) is 0 Å². The number of hydrogen-bond donors (Lipinski definition) is 1. The lowest BCUT2D eigenvalue weighted by molar-refractivity contribution is -0.141. The number of nitrogens with zero attached hydrogens (tertiary/aromatic N) is 1. The molecule has 178 valence electrons. The molecular weight excluding hydrogens is 474 g/mol. The van der Waals surface area contributed by atoms with Gasteiger partial charge in [-0.25, -0.2) is 4.39 Å². The van der Waals surface area contributed by atoms with Crippen molar-refractivity contribution in [1.29, 1.82) is 0 Å². The van der Waals surface area contributed by atoms with Crippen molar-refractivity contribution in [1.82, 2.24) is 10.2 Å². The van der Waals surface area contributed by atoms with Gasteiger partial charge < -0.3 is 10.2 Å². The number of halogens is 3. The molecule has 3 rings (SSSR count). The first kappa shape index (κ1) is 25.7. The molecule has 0 fully saturated rings. The van der Waals surface area contributed by atoms with Crippen LogP contribution in [0.4, 0.5) is 4.39 Å². The third-order valence-electron chi connectivity index (χ3n) is 5.34. The second kappa shape index (κ2) is 12.0. The van der Waals surface area contributed by atoms with E-state index in [0.29, 0.717) is 22.0 Å². The highest BCUT2D eigenvalue weighted by molar-refractivity contribution is 6.42. The van der Waals surface area contributed by atoms with Gasteiger partial charge in [-0.3, -0.25) is 9.59 Å². The molecule has 7 heteroatoms. The maximum atomic E-state index is 14.3. The van der Waals surface area contributed by atoms with Crippen LogP contribution in [0, 0.1) is 5.82 Å². The van der Waals surface area contributed by atoms with Gasteiger partial charge in [0.1, 0.15) is 11.9 Å². The van der Waals surface area contributed by atoms with Crippen LogP contribution in [-0.4, -0.2) is 28.8 Å². The Labute approximate surface area is 209 Å². The smallest absolute Gasteiger partial charge is 0.243 e. The fourth-order valence-electron chi connectivity index (χ4n) is 3.68. The van der Waals surface area contributed by atoms with Crippen LogP contribution in [0.15, 0.2) is 72.8 Å². The van der Waals surface area contributed by atoms with Gasteiger partial charge in [0, 0.05) is 19.0 Å². The van der Waals surface area contributed by atoms with Gasteiger partial charge in [0.2, 0.25) is 11.8 Å². The molecule has 0 saturated heterocycles. The normalized spacial score (nSPS) is 11.8. The number of rotatable bonds is 9. The van der Waals surface area contributed by atoms with E-state index < -0.39 is 11.9 Å². The molecule has 0 aromatic heterocycles. The van der Waals surface area contributed by atoms with Gasteiger partial charge >= 0.3 is 0 Å². The maximum absolute atomic E-state index is 14.3. The molecule has 0 radical (unpaired) electrons. The van der Waals surface area contributed by atoms with Crippen molar-refractivity contribution >= 4 is 35.0 Å². The van der Waals surface area contributed by atoms with E-state index in [1.807, 2.05) is 44.2 Å². The van der Waals surface area contributed by atoms with Crippen molar-refractivity contribution in [3.05, 3.63) is 105 Å². The highest BCUT2D eigenvalue weighted by Gasteiger charge is 2.31. The average Bonchev–Trinajstić information content (AvgIpc) is 2.80. The number of hydrogen-bond acceptors (Lipinski definition) is 2. The minimum atomic E-state index is -0.807. The number of amides is 2. The lowest BCUT2D eigenvalue weighted by Crippen LogP contribution is -2.52. The summed E-state index contributed by atoms with van der Waals surface area (Å²) < 4.78 is 14.3. The van der Waals surface area contributed by atoms with E-state index in [1.54, 1.807) is 36.4 Å². The van der Waals surface area contributed by atoms with Crippen LogP contribution in [0.25, 0.3) is 0 Å². The molecular formula is C27H27Cl2FN2O2. The predicted molar refractivity (Wildman–Crippen MR) is 134 cm³/mol. The molecule has 0 aliphatic carbocycles. The second-order valence-corrected chi connectivity index (χ2v) is 9.22. The largest absolute Gasteiger partial charge is 0.352 e. The summed E-state index contributed by atoms with van der Waals surface area (Å²) in [7, 11) is 0. The molecule has 0 saturated carbocycles. The van der Waals surface area contributed by atoms with Crippen LogP contribution in [-0.2, 0) is 29.0 Å². The first-order chi connectivity index (χ1) is 16.2. The molecule has 3 aromatic carbocycles. The van der Waals surface area contributed by atoms with Crippen molar-refractivity contribution in [2.24, 2.45) is 0 Å². The summed E-state index contributed by atoms with van der Waals surface area (Å²) in [4.78, 5) is 28.4. The number of nitrogens with one attached hydrogen (secondary N) is 1. The topological polar surface area (TPSA) is 49.4 Å². The molecule has 4 nitrogen and oxygen atoms in total. The highest BCUT2D eigenvalue weighted by atomic mass is 35.5. The van der Waals surface area contributed by atoms with E-state index in [1.165, 1.54) is 11.0 Å². The van der Waals surface area contributed by atoms with Crippen LogP contribution in [0.1, 0.15) is 30.5 Å². The second-order valence-electron chi connectivity index (χ2n) is 8.41. The van der Waals surface area contributed by atoms with E-state index in [4.69, 9.17) is 23.2 Å². The zero-order chi connectivity index (χ0) is 24.7. The van der Waals surface area contributed by atoms with Crippen molar-refractivity contribution < 1.29 is 14.0 Å². The Morgan fingerprint density at radius 1 is 0.912 bits per heavy atom. The SMILES string of the molecule is CC(C)NC(=O)C(Cc1ccccc1)N(Cc1ccc(Cl)c(Cl)c1)C(=O)Cc1ccccc1F. The Morgan fingerprint density at radius 2 is 1.59 bits per heavy atom. The van der Waals surface area contributed by atoms with Gasteiger partial charge in [-0.2, -0.15) is 0 Å². The highest BCUT2D eigenvalue weighted by Crippen LogP contribution is 2.25. The molecule has 1 atom stereocenters. The van der Waals surface area contributed by atoms with E-state index in [-0.39, 0.29) is 36.4 Å². The van der Waals surface area contributed by atoms with Crippen LogP contribution in [0.3, 0.4) is 0 Å². The Hall–Kier alpha value is -2.89. The fourth-order valence-corrected chi connectivity index (χ4v) is 4.00. The summed E-state index contributed by atoms with van der Waals surface area (Å²) in [5.41, 5.74) is 1.89. The molecule has 3 aromatic rings. The summed E-state index contributed by atoms with van der Waals surface area (Å²) in [6, 6.07) is 19.8. The fraction of sp³-hybridized carbons (Fsp3) is 0.259. The third-order valence-corrected chi connectivity index (χ3v) is 6.08. The molecule has 0 spiro atoms. The summed E-state index contributed by atoms with van der Waals surface area (Å²) in [5.74, 6) is -1.10. The Morgan fingerprint density at radius 3 is 2.24 bits per heavy atom. The first-order valence-corrected chi connectivity index (χ1v) is 11.8. The monoisotopic (exact) mass is 500 g/mol. The lowest BCUT2D eigenvalue weighted by atomic mass is 10.0. The molecule has 34 heavy (non-hydrogen) atoms. The van der Waals surface area contributed by atoms with Gasteiger partial charge in [-0.05, 0) is 48.7 Å². The van der Waals surface area contributed by atoms with Crippen LogP contribution in [0.5, 0.6) is 0 Å². The van der Waals surface area contributed by atoms with E-state index in [2.05, 4.69) is 5.32 Å². The number of carbonyl (C=O) groups excluding carboxylic acids is 2. The van der Waals surface area contributed by atoms with Gasteiger partial charge in [0.15, 0.2) is 0 Å². The molecule has 0 bridgehead atoms. The minimum Gasteiger partial charge on any atom is -0.352 e. The van der Waals surface area contributed by atoms with E-state index >= 15 is 0 Å². The summed E-state index contributed by atoms with van der Waals surface area (Å²) in [6.07, 6.45) is 0.137. The minimum absolute atomic E-state index is 0.112. The molecule has 0 aliphatic heterocycles. The number of carbonyl (C=O) groups is 2. The molecule has 0 aliphatic rings. The van der Waals surface area contributed by atoms with Crippen molar-refractivity contribution in [3.63, 3.8) is 0 Å². The van der Waals surface area contributed by atoms with Crippen LogP contribution >= 0.6 is 23.2 Å². The quantitative estimate of drug-likeness (QED) is 0.401. The van der Waals surface area contributed by atoms with Crippen molar-refractivity contribution in [2.75, 3.05) is 0 Å². The lowest BCUT2D eigenvalue weighted by Gasteiger charge is -2.32. The van der Waals surface area contributed by atoms with Gasteiger partial charge in [-0.1, -0.05) is 77.8 Å². The average molecular weight is 501 g/mol. The molecule has 0 heterocycles. The van der Waals surface area contributed by atoms with E-state index in [0.717, 1.165) is 5.56 Å². The summed E-state index contributed by atoms with van der Waals surface area (Å²) >= 11 is 12.3. The first-order valence-electron chi connectivity index (χ1n) is 11.1. The van der Waals surface area contributed by atoms with Crippen molar-refractivity contribution in [3.8, 4) is 0 Å². The van der Waals surface area contributed by atoms with Gasteiger partial charge in [0.25, 0.3) is 0 Å². The number of benzene rings is 3. The van der Waals surface area contributed by atoms with Crippen molar-refractivity contribution in [2.45, 2.75) is 45.3 Å². The third kappa shape index (κ3) is 7.05. The summed E-state index contributed by atoms with van der Waals surface area (Å²) in [5, 5.41) is 3.68. The Balaban J connectivity index is 2.00. The Bertz CT molecular complexity index is 1140. The maximum Gasteiger partial charge on any atom is 0.243 e. The summed E-state index contributed by atoms with van der Waals surface area (Å²) in [6.45, 7) is 3.84. The predicted octanol–water partition coefficient (Wildman–Crippen LogP) is 5.84. The standard InChI is InChI=1S/C27H27Cl2FN2O2/c1-18(2)31-27(34)25(15-19-8-4-3-5-9-19)32(17-20-12-13-22(28)23(29)14-20)26(33)16-21-10-6-7-11-24(21)30/h3-14,18,25H,15-17H2,1-2H3,(H,31,34). The van der Waals surface area contributed by atoms with E-state index in [9.17, 15) is 14.0 Å². The Kier molecular flexibility index (Phi) is 9.08. The van der Waals surface area contributed by atoms with Gasteiger partial charge in [0.05, 0.1) is 16.5 Å². The van der Waals surface area contributed by atoms with Crippen LogP contribution in [0.2, 0.25) is 10.0 Å².